The van der Waals surface area contributed by atoms with Crippen LogP contribution in [0, 0.1) is 5.82 Å². The molecule has 0 unspecified atom stereocenters. The maximum Gasteiger partial charge on any atom is 0.240 e. The molecule has 0 radical (unpaired) electrons. The van der Waals surface area contributed by atoms with E-state index in [1.165, 1.54) is 30.3 Å². The predicted octanol–water partition coefficient (Wildman–Crippen LogP) is 3.42. The number of hydrogen-bond donors (Lipinski definition) is 3. The monoisotopic (exact) mass is 463 g/mol. The summed E-state index contributed by atoms with van der Waals surface area (Å²) in [6.45, 7) is 5.15. The quantitative estimate of drug-likeness (QED) is 0.441. The lowest BCUT2D eigenvalue weighted by molar-refractivity contribution is -0.115. The lowest BCUT2D eigenvalue weighted by Crippen LogP contribution is -2.30. The van der Waals surface area contributed by atoms with Gasteiger partial charge in [0.2, 0.25) is 21.1 Å². The van der Waals surface area contributed by atoms with Crippen LogP contribution in [0.25, 0.3) is 11.4 Å². The molecule has 2 aromatic carbocycles. The normalized spacial score (nSPS) is 12.7. The molecule has 1 atom stereocenters. The van der Waals surface area contributed by atoms with Crippen molar-refractivity contribution in [3.05, 3.63) is 54.3 Å². The molecule has 164 valence electrons. The Labute approximate surface area is 184 Å². The van der Waals surface area contributed by atoms with Crippen LogP contribution in [0.2, 0.25) is 0 Å². The number of carbonyl (C=O) groups excluding carboxylic acids is 1. The SMILES string of the molecule is CC(C)NS(=O)(=O)c1ccc(NC(=O)[C@@H](C)Sc2n[nH]c(-c3ccccc3F)n2)cc1. The zero-order valence-corrected chi connectivity index (χ0v) is 18.7. The summed E-state index contributed by atoms with van der Waals surface area (Å²) in [5.41, 5.74) is 0.754. The van der Waals surface area contributed by atoms with Crippen LogP contribution in [0.4, 0.5) is 10.1 Å². The first-order valence-electron chi connectivity index (χ1n) is 9.43. The average molecular weight is 464 g/mol. The van der Waals surface area contributed by atoms with E-state index in [0.29, 0.717) is 16.4 Å². The molecule has 0 bridgehead atoms. The molecule has 0 fully saturated rings. The maximum atomic E-state index is 13.9. The Morgan fingerprint density at radius 2 is 1.77 bits per heavy atom. The van der Waals surface area contributed by atoms with E-state index in [0.717, 1.165) is 11.8 Å². The number of anilines is 1. The van der Waals surface area contributed by atoms with Crippen molar-refractivity contribution in [2.75, 3.05) is 5.32 Å². The molecule has 3 N–H and O–H groups in total. The Balaban J connectivity index is 1.62. The molecule has 8 nitrogen and oxygen atoms in total. The van der Waals surface area contributed by atoms with Gasteiger partial charge in [-0.15, -0.1) is 5.10 Å². The van der Waals surface area contributed by atoms with Gasteiger partial charge in [-0.3, -0.25) is 9.89 Å². The van der Waals surface area contributed by atoms with Crippen LogP contribution in [0.3, 0.4) is 0 Å². The minimum atomic E-state index is -3.60. The summed E-state index contributed by atoms with van der Waals surface area (Å²) in [6.07, 6.45) is 0. The molecule has 1 amide bonds. The zero-order valence-electron chi connectivity index (χ0n) is 17.1. The van der Waals surface area contributed by atoms with Crippen LogP contribution in [-0.2, 0) is 14.8 Å². The molecule has 3 aromatic rings. The Morgan fingerprint density at radius 1 is 1.10 bits per heavy atom. The second-order valence-electron chi connectivity index (χ2n) is 7.00. The third-order valence-corrected chi connectivity index (χ3v) is 6.70. The fraction of sp³-hybridized carbons (Fsp3) is 0.250. The molecule has 0 aliphatic carbocycles. The molecule has 1 heterocycles. The van der Waals surface area contributed by atoms with Crippen molar-refractivity contribution in [2.24, 2.45) is 0 Å². The molecule has 31 heavy (non-hydrogen) atoms. The van der Waals surface area contributed by atoms with Crippen LogP contribution in [0.15, 0.2) is 58.6 Å². The van der Waals surface area contributed by atoms with E-state index >= 15 is 0 Å². The van der Waals surface area contributed by atoms with Gasteiger partial charge in [0.05, 0.1) is 15.7 Å². The Kier molecular flexibility index (Phi) is 7.08. The van der Waals surface area contributed by atoms with Gasteiger partial charge in [-0.1, -0.05) is 23.9 Å². The van der Waals surface area contributed by atoms with Gasteiger partial charge in [-0.25, -0.2) is 22.5 Å². The highest BCUT2D eigenvalue weighted by Crippen LogP contribution is 2.25. The molecule has 1 aromatic heterocycles. The smallest absolute Gasteiger partial charge is 0.240 e. The van der Waals surface area contributed by atoms with E-state index < -0.39 is 21.1 Å². The summed E-state index contributed by atoms with van der Waals surface area (Å²) < 4.78 is 40.7. The van der Waals surface area contributed by atoms with E-state index in [-0.39, 0.29) is 22.7 Å². The number of aromatic nitrogens is 3. The number of aromatic amines is 1. The molecule has 0 saturated carbocycles. The number of halogens is 1. The first kappa shape index (κ1) is 22.9. The Morgan fingerprint density at radius 3 is 2.42 bits per heavy atom. The molecule has 0 aliphatic heterocycles. The first-order chi connectivity index (χ1) is 14.7. The van der Waals surface area contributed by atoms with Crippen molar-refractivity contribution in [1.82, 2.24) is 19.9 Å². The maximum absolute atomic E-state index is 13.9. The highest BCUT2D eigenvalue weighted by atomic mass is 32.2. The van der Waals surface area contributed by atoms with E-state index in [1.807, 2.05) is 0 Å². The number of rotatable bonds is 8. The molecular weight excluding hydrogens is 441 g/mol. The highest BCUT2D eigenvalue weighted by molar-refractivity contribution is 8.00. The Hall–Kier alpha value is -2.76. The number of thioether (sulfide) groups is 1. The van der Waals surface area contributed by atoms with Crippen molar-refractivity contribution < 1.29 is 17.6 Å². The molecule has 0 saturated heterocycles. The van der Waals surface area contributed by atoms with Crippen molar-refractivity contribution >= 4 is 33.4 Å². The van der Waals surface area contributed by atoms with E-state index in [9.17, 15) is 17.6 Å². The summed E-state index contributed by atoms with van der Waals surface area (Å²) >= 11 is 1.11. The number of benzene rings is 2. The summed E-state index contributed by atoms with van der Waals surface area (Å²) in [7, 11) is -3.60. The molecule has 11 heteroatoms. The van der Waals surface area contributed by atoms with Crippen LogP contribution < -0.4 is 10.0 Å². The lowest BCUT2D eigenvalue weighted by atomic mass is 10.2. The van der Waals surface area contributed by atoms with Gasteiger partial charge in [0.1, 0.15) is 5.82 Å². The van der Waals surface area contributed by atoms with Crippen LogP contribution in [-0.4, -0.2) is 40.8 Å². The largest absolute Gasteiger partial charge is 0.325 e. The average Bonchev–Trinajstić information content (AvgIpc) is 3.16. The van der Waals surface area contributed by atoms with Gasteiger partial charge in [0.15, 0.2) is 5.82 Å². The minimum absolute atomic E-state index is 0.114. The van der Waals surface area contributed by atoms with E-state index in [2.05, 4.69) is 25.2 Å². The van der Waals surface area contributed by atoms with Gasteiger partial charge in [0.25, 0.3) is 0 Å². The predicted molar refractivity (Wildman–Crippen MR) is 118 cm³/mol. The Bertz CT molecular complexity index is 1160. The number of carbonyl (C=O) groups is 1. The molecule has 0 spiro atoms. The summed E-state index contributed by atoms with van der Waals surface area (Å²) in [5, 5.41) is 9.20. The van der Waals surface area contributed by atoms with Gasteiger partial charge < -0.3 is 5.32 Å². The number of nitrogens with one attached hydrogen (secondary N) is 3. The van der Waals surface area contributed by atoms with E-state index in [1.54, 1.807) is 39.0 Å². The fourth-order valence-corrected chi connectivity index (χ4v) is 4.60. The molecule has 0 aliphatic rings. The highest BCUT2D eigenvalue weighted by Gasteiger charge is 2.19. The van der Waals surface area contributed by atoms with Crippen molar-refractivity contribution in [1.29, 1.82) is 0 Å². The van der Waals surface area contributed by atoms with Gasteiger partial charge in [-0.2, -0.15) is 0 Å². The van der Waals surface area contributed by atoms with Gasteiger partial charge in [-0.05, 0) is 57.2 Å². The molecule has 3 rings (SSSR count). The lowest BCUT2D eigenvalue weighted by Gasteiger charge is -2.12. The van der Waals surface area contributed by atoms with Crippen molar-refractivity contribution in [2.45, 2.75) is 42.1 Å². The minimum Gasteiger partial charge on any atom is -0.325 e. The van der Waals surface area contributed by atoms with E-state index in [4.69, 9.17) is 0 Å². The zero-order chi connectivity index (χ0) is 22.6. The van der Waals surface area contributed by atoms with Crippen LogP contribution >= 0.6 is 11.8 Å². The third-order valence-electron chi connectivity index (χ3n) is 4.07. The standard InChI is InChI=1S/C20H22FN5O3S2/c1-12(2)26-31(28,29)15-10-8-14(9-11-15)22-19(27)13(3)30-20-23-18(24-25-20)16-6-4-5-7-17(16)21/h4-13,26H,1-3H3,(H,22,27)(H,23,24,25)/t13-/m1/s1. The van der Waals surface area contributed by atoms with Gasteiger partial charge >= 0.3 is 0 Å². The number of hydrogen-bond acceptors (Lipinski definition) is 6. The molecular formula is C20H22FN5O3S2. The van der Waals surface area contributed by atoms with Crippen molar-refractivity contribution in [3.63, 3.8) is 0 Å². The fourth-order valence-electron chi connectivity index (χ4n) is 2.62. The van der Waals surface area contributed by atoms with Crippen LogP contribution in [0.1, 0.15) is 20.8 Å². The van der Waals surface area contributed by atoms with Crippen LogP contribution in [0.5, 0.6) is 0 Å². The summed E-state index contributed by atoms with van der Waals surface area (Å²) in [4.78, 5) is 16.8. The second kappa shape index (κ2) is 9.58. The third kappa shape index (κ3) is 5.90. The van der Waals surface area contributed by atoms with Crippen molar-refractivity contribution in [3.8, 4) is 11.4 Å². The topological polar surface area (TPSA) is 117 Å². The second-order valence-corrected chi connectivity index (χ2v) is 10.0. The van der Waals surface area contributed by atoms with Gasteiger partial charge in [0, 0.05) is 11.7 Å². The number of amides is 1. The summed E-state index contributed by atoms with van der Waals surface area (Å²) in [6, 6.07) is 11.9. The number of sulfonamides is 1. The number of H-pyrrole nitrogens is 1. The summed E-state index contributed by atoms with van der Waals surface area (Å²) in [5.74, 6) is -0.451. The first-order valence-corrected chi connectivity index (χ1v) is 11.8. The number of nitrogens with zero attached hydrogens (tertiary/aromatic N) is 2.